The molecule has 0 radical (unpaired) electrons. The van der Waals surface area contributed by atoms with E-state index in [-0.39, 0.29) is 34.6 Å². The predicted molar refractivity (Wildman–Crippen MR) is 103 cm³/mol. The van der Waals surface area contributed by atoms with E-state index < -0.39 is 0 Å². The number of phenols is 1. The number of piperidine rings is 1. The van der Waals surface area contributed by atoms with Gasteiger partial charge in [0.15, 0.2) is 11.5 Å². The first-order valence-corrected chi connectivity index (χ1v) is 10.1. The van der Waals surface area contributed by atoms with Crippen LogP contribution in [-0.4, -0.2) is 47.2 Å². The van der Waals surface area contributed by atoms with Crippen molar-refractivity contribution in [2.45, 2.75) is 63.1 Å². The molecule has 144 valence electrons. The molecule has 1 saturated heterocycles. The Balaban J connectivity index is 1.72. The van der Waals surface area contributed by atoms with Gasteiger partial charge in [-0.05, 0) is 49.3 Å². The summed E-state index contributed by atoms with van der Waals surface area (Å²) >= 11 is 0. The summed E-state index contributed by atoms with van der Waals surface area (Å²) in [7, 11) is 0. The van der Waals surface area contributed by atoms with Gasteiger partial charge in [-0.2, -0.15) is 0 Å². The lowest BCUT2D eigenvalue weighted by Gasteiger charge is -2.65. The Kier molecular flexibility index (Phi) is 3.49. The molecule has 2 unspecified atom stereocenters. The highest BCUT2D eigenvalue weighted by Crippen LogP contribution is 2.68. The number of nitrogens with one attached hydrogen (secondary N) is 1. The van der Waals surface area contributed by atoms with Crippen molar-refractivity contribution in [3.8, 4) is 11.5 Å². The molecule has 2 aliphatic heterocycles. The van der Waals surface area contributed by atoms with Gasteiger partial charge in [-0.15, -0.1) is 6.58 Å². The van der Waals surface area contributed by atoms with Crippen LogP contribution in [-0.2, 0) is 16.6 Å². The van der Waals surface area contributed by atoms with E-state index in [1.165, 1.54) is 11.1 Å². The van der Waals surface area contributed by atoms with E-state index in [4.69, 9.17) is 4.74 Å². The summed E-state index contributed by atoms with van der Waals surface area (Å²) in [5.41, 5.74) is 2.42. The van der Waals surface area contributed by atoms with Crippen LogP contribution >= 0.6 is 0 Å². The van der Waals surface area contributed by atoms with Crippen molar-refractivity contribution in [2.24, 2.45) is 5.41 Å². The number of ether oxygens (including phenoxy) is 1. The van der Waals surface area contributed by atoms with E-state index >= 15 is 0 Å². The van der Waals surface area contributed by atoms with Crippen LogP contribution in [0.5, 0.6) is 11.5 Å². The van der Waals surface area contributed by atoms with Gasteiger partial charge in [0.25, 0.3) is 0 Å². The summed E-state index contributed by atoms with van der Waals surface area (Å²) < 4.78 is 6.48. The number of aromatic hydroxyl groups is 1. The molecule has 2 N–H and O–H groups in total. The average molecular weight is 368 g/mol. The van der Waals surface area contributed by atoms with Crippen LogP contribution in [0.15, 0.2) is 24.8 Å². The maximum absolute atomic E-state index is 11.9. The van der Waals surface area contributed by atoms with Gasteiger partial charge < -0.3 is 15.2 Å². The summed E-state index contributed by atoms with van der Waals surface area (Å²) in [6.07, 6.45) is 5.81. The molecule has 2 aliphatic carbocycles. The second-order valence-electron chi connectivity index (χ2n) is 8.97. The summed E-state index contributed by atoms with van der Waals surface area (Å²) in [6, 6.07) is 4.26. The van der Waals surface area contributed by atoms with Crippen molar-refractivity contribution in [3.63, 3.8) is 0 Å². The molecule has 1 aromatic carbocycles. The topological polar surface area (TPSA) is 61.8 Å². The molecule has 5 nitrogen and oxygen atoms in total. The minimum Gasteiger partial charge on any atom is -0.504 e. The molecular formula is C22H28N2O3. The molecule has 5 heteroatoms. The molecule has 5 atom stereocenters. The van der Waals surface area contributed by atoms with Gasteiger partial charge >= 0.3 is 0 Å². The van der Waals surface area contributed by atoms with Gasteiger partial charge in [0, 0.05) is 30.5 Å². The van der Waals surface area contributed by atoms with Crippen molar-refractivity contribution >= 4 is 5.91 Å². The number of rotatable bonds is 3. The van der Waals surface area contributed by atoms with Gasteiger partial charge in [-0.3, -0.25) is 9.69 Å². The predicted octanol–water partition coefficient (Wildman–Crippen LogP) is 2.51. The fourth-order valence-corrected chi connectivity index (χ4v) is 6.88. The first-order chi connectivity index (χ1) is 12.9. The molecule has 27 heavy (non-hydrogen) atoms. The number of phenolic OH excluding ortho intramolecular Hbond substituents is 1. The lowest BCUT2D eigenvalue weighted by molar-refractivity contribution is -0.133. The van der Waals surface area contributed by atoms with Crippen LogP contribution in [0.3, 0.4) is 0 Å². The van der Waals surface area contributed by atoms with Crippen molar-refractivity contribution in [3.05, 3.63) is 35.9 Å². The molecule has 5 rings (SSSR count). The number of hydrogen-bond donors (Lipinski definition) is 2. The Hall–Kier alpha value is -2.01. The van der Waals surface area contributed by atoms with E-state index in [1.807, 2.05) is 6.08 Å². The second-order valence-corrected chi connectivity index (χ2v) is 8.97. The monoisotopic (exact) mass is 368 g/mol. The largest absolute Gasteiger partial charge is 0.504 e. The molecule has 0 aromatic heterocycles. The van der Waals surface area contributed by atoms with E-state index in [0.29, 0.717) is 11.8 Å². The van der Waals surface area contributed by atoms with Crippen molar-refractivity contribution in [2.75, 3.05) is 13.1 Å². The minimum absolute atomic E-state index is 0.0135. The summed E-state index contributed by atoms with van der Waals surface area (Å²) in [4.78, 5) is 14.4. The van der Waals surface area contributed by atoms with E-state index in [9.17, 15) is 9.90 Å². The molecule has 2 bridgehead atoms. The highest BCUT2D eigenvalue weighted by Gasteiger charge is 2.71. The van der Waals surface area contributed by atoms with Gasteiger partial charge in [-0.1, -0.05) is 19.1 Å². The molecule has 2 fully saturated rings. The molecule has 1 spiro atoms. The quantitative estimate of drug-likeness (QED) is 0.805. The first kappa shape index (κ1) is 17.1. The number of carbonyl (C=O) groups excluding carboxylic acids is 1. The van der Waals surface area contributed by atoms with Crippen LogP contribution in [0.25, 0.3) is 0 Å². The number of benzene rings is 1. The lowest BCUT2D eigenvalue weighted by atomic mass is 9.43. The SMILES string of the molecule is C=CCN1CC[C@]23c4c5ccc(O)c4OC2[C@@H](NC(C)=O)CC[C@@]3(C)C1C5. The maximum Gasteiger partial charge on any atom is 0.217 e. The molecule has 1 amide bonds. The van der Waals surface area contributed by atoms with Crippen molar-refractivity contribution in [1.29, 1.82) is 0 Å². The average Bonchev–Trinajstić information content (AvgIpc) is 2.97. The van der Waals surface area contributed by atoms with Crippen molar-refractivity contribution < 1.29 is 14.6 Å². The fourth-order valence-electron chi connectivity index (χ4n) is 6.88. The molecule has 1 saturated carbocycles. The highest BCUT2D eigenvalue weighted by molar-refractivity contribution is 5.73. The summed E-state index contributed by atoms with van der Waals surface area (Å²) in [6.45, 7) is 9.85. The fraction of sp³-hybridized carbons (Fsp3) is 0.591. The normalized spacial score (nSPS) is 38.7. The van der Waals surface area contributed by atoms with E-state index in [2.05, 4.69) is 29.8 Å². The van der Waals surface area contributed by atoms with Gasteiger partial charge in [0.2, 0.25) is 5.91 Å². The third-order valence-electron chi connectivity index (χ3n) is 7.89. The third kappa shape index (κ3) is 1.96. The zero-order valence-electron chi connectivity index (χ0n) is 16.1. The standard InChI is InChI=1S/C22H28N2O3/c1-4-10-24-11-9-22-18-14-5-6-16(26)19(18)27-20(22)15(23-13(2)25)7-8-21(22,3)17(24)12-14/h4-6,15,17,20,26H,1,7-12H2,2-3H3,(H,23,25)/t15-,17?,20?,21-,22-/m0/s1. The molecule has 1 aromatic rings. The van der Waals surface area contributed by atoms with Gasteiger partial charge in [-0.25, -0.2) is 0 Å². The third-order valence-corrected chi connectivity index (χ3v) is 7.89. The zero-order chi connectivity index (χ0) is 19.0. The Morgan fingerprint density at radius 2 is 2.30 bits per heavy atom. The Bertz CT molecular complexity index is 837. The number of hydrogen-bond acceptors (Lipinski definition) is 4. The van der Waals surface area contributed by atoms with Crippen molar-refractivity contribution in [1.82, 2.24) is 10.2 Å². The van der Waals surface area contributed by atoms with Gasteiger partial charge in [0.1, 0.15) is 6.10 Å². The Morgan fingerprint density at radius 1 is 1.48 bits per heavy atom. The second kappa shape index (κ2) is 5.51. The smallest absolute Gasteiger partial charge is 0.217 e. The Labute approximate surface area is 160 Å². The van der Waals surface area contributed by atoms with Crippen LogP contribution in [0.2, 0.25) is 0 Å². The first-order valence-electron chi connectivity index (χ1n) is 10.1. The van der Waals surface area contributed by atoms with E-state index in [0.717, 1.165) is 38.8 Å². The lowest BCUT2D eigenvalue weighted by Crippen LogP contribution is -2.73. The zero-order valence-corrected chi connectivity index (χ0v) is 16.1. The Morgan fingerprint density at radius 3 is 3.04 bits per heavy atom. The molecule has 4 aliphatic rings. The maximum atomic E-state index is 11.9. The van der Waals surface area contributed by atoms with Crippen LogP contribution < -0.4 is 10.1 Å². The number of nitrogens with zero attached hydrogens (tertiary/aromatic N) is 1. The van der Waals surface area contributed by atoms with Gasteiger partial charge in [0.05, 0.1) is 6.04 Å². The van der Waals surface area contributed by atoms with Crippen LogP contribution in [0.1, 0.15) is 44.2 Å². The molecule has 2 heterocycles. The number of amides is 1. The molecular weight excluding hydrogens is 340 g/mol. The number of carbonyl (C=O) groups is 1. The van der Waals surface area contributed by atoms with Crippen LogP contribution in [0.4, 0.5) is 0 Å². The van der Waals surface area contributed by atoms with E-state index in [1.54, 1.807) is 13.0 Å². The highest BCUT2D eigenvalue weighted by atomic mass is 16.5. The summed E-state index contributed by atoms with van der Waals surface area (Å²) in [5, 5.41) is 13.7. The summed E-state index contributed by atoms with van der Waals surface area (Å²) in [5.74, 6) is 0.880. The minimum atomic E-state index is -0.150. The van der Waals surface area contributed by atoms with Crippen LogP contribution in [0, 0.1) is 5.41 Å². The number of likely N-dealkylation sites (tertiary alicyclic amines) is 1.